The average molecular weight is 286 g/mol. The van der Waals surface area contributed by atoms with E-state index >= 15 is 0 Å². The Morgan fingerprint density at radius 1 is 1.38 bits per heavy atom. The molecule has 5 heteroatoms. The summed E-state index contributed by atoms with van der Waals surface area (Å²) in [6, 6.07) is 8.14. The number of rotatable bonds is 5. The zero-order valence-corrected chi connectivity index (χ0v) is 12.5. The van der Waals surface area contributed by atoms with E-state index < -0.39 is 0 Å². The first-order chi connectivity index (χ1) is 10.2. The van der Waals surface area contributed by atoms with Crippen LogP contribution < -0.4 is 5.32 Å². The van der Waals surface area contributed by atoms with Gasteiger partial charge in [-0.15, -0.1) is 0 Å². The summed E-state index contributed by atoms with van der Waals surface area (Å²) >= 11 is 0. The quantitative estimate of drug-likeness (QED) is 0.914. The molecule has 0 bridgehead atoms. The van der Waals surface area contributed by atoms with Gasteiger partial charge in [0.15, 0.2) is 5.69 Å². The van der Waals surface area contributed by atoms with Crippen LogP contribution in [0.3, 0.4) is 0 Å². The highest BCUT2D eigenvalue weighted by Gasteiger charge is 2.18. The van der Waals surface area contributed by atoms with Gasteiger partial charge in [-0.1, -0.05) is 6.07 Å². The van der Waals surface area contributed by atoms with Crippen molar-refractivity contribution < 1.29 is 4.79 Å². The first kappa shape index (κ1) is 14.1. The molecule has 1 saturated heterocycles. The van der Waals surface area contributed by atoms with E-state index in [1.54, 1.807) is 4.52 Å². The zero-order chi connectivity index (χ0) is 14.7. The SMILES string of the molecule is CC(CCNC(=O)c1cc2ccccn2n1)N1CCCC1. The third kappa shape index (κ3) is 3.24. The van der Waals surface area contributed by atoms with E-state index in [9.17, 15) is 4.79 Å². The fourth-order valence-corrected chi connectivity index (χ4v) is 2.90. The first-order valence-electron chi connectivity index (χ1n) is 7.71. The Balaban J connectivity index is 1.51. The number of fused-ring (bicyclic) bond motifs is 1. The molecule has 1 amide bonds. The van der Waals surface area contributed by atoms with E-state index in [4.69, 9.17) is 0 Å². The van der Waals surface area contributed by atoms with Gasteiger partial charge < -0.3 is 10.2 Å². The largest absolute Gasteiger partial charge is 0.351 e. The standard InChI is InChI=1S/C16H22N4O/c1-13(19-9-4-5-10-19)7-8-17-16(21)15-12-14-6-2-3-11-20(14)18-15/h2-3,6,11-13H,4-5,7-10H2,1H3,(H,17,21). The normalized spacial score (nSPS) is 17.2. The Morgan fingerprint density at radius 3 is 2.95 bits per heavy atom. The van der Waals surface area contributed by atoms with Crippen LogP contribution in [0, 0.1) is 0 Å². The molecule has 1 fully saturated rings. The van der Waals surface area contributed by atoms with Crippen molar-refractivity contribution in [2.75, 3.05) is 19.6 Å². The Labute approximate surface area is 124 Å². The van der Waals surface area contributed by atoms with Crippen molar-refractivity contribution in [1.82, 2.24) is 19.8 Å². The predicted molar refractivity (Wildman–Crippen MR) is 82.4 cm³/mol. The summed E-state index contributed by atoms with van der Waals surface area (Å²) in [4.78, 5) is 14.6. The number of carbonyl (C=O) groups is 1. The molecule has 1 aliphatic heterocycles. The van der Waals surface area contributed by atoms with Crippen LogP contribution >= 0.6 is 0 Å². The topological polar surface area (TPSA) is 49.6 Å². The number of amides is 1. The van der Waals surface area contributed by atoms with Gasteiger partial charge in [0.1, 0.15) is 0 Å². The van der Waals surface area contributed by atoms with E-state index in [2.05, 4.69) is 22.2 Å². The molecule has 3 heterocycles. The van der Waals surface area contributed by atoms with Crippen molar-refractivity contribution in [2.24, 2.45) is 0 Å². The molecule has 1 N–H and O–H groups in total. The molecule has 5 nitrogen and oxygen atoms in total. The lowest BCUT2D eigenvalue weighted by molar-refractivity contribution is 0.0944. The summed E-state index contributed by atoms with van der Waals surface area (Å²) in [5.74, 6) is -0.0904. The van der Waals surface area contributed by atoms with Gasteiger partial charge in [0, 0.05) is 18.8 Å². The van der Waals surface area contributed by atoms with Gasteiger partial charge in [-0.25, -0.2) is 4.52 Å². The molecule has 0 spiro atoms. The molecule has 1 atom stereocenters. The van der Waals surface area contributed by atoms with E-state index in [-0.39, 0.29) is 5.91 Å². The van der Waals surface area contributed by atoms with Crippen molar-refractivity contribution in [3.8, 4) is 0 Å². The molecule has 0 radical (unpaired) electrons. The molecule has 21 heavy (non-hydrogen) atoms. The molecule has 1 aliphatic rings. The smallest absolute Gasteiger partial charge is 0.271 e. The van der Waals surface area contributed by atoms with Crippen molar-refractivity contribution in [2.45, 2.75) is 32.2 Å². The second-order valence-electron chi connectivity index (χ2n) is 5.74. The van der Waals surface area contributed by atoms with E-state index in [0.29, 0.717) is 18.3 Å². The summed E-state index contributed by atoms with van der Waals surface area (Å²) in [7, 11) is 0. The Hall–Kier alpha value is -1.88. The van der Waals surface area contributed by atoms with Gasteiger partial charge in [-0.2, -0.15) is 5.10 Å². The summed E-state index contributed by atoms with van der Waals surface area (Å²) in [6.07, 6.45) is 5.44. The highest BCUT2D eigenvalue weighted by atomic mass is 16.1. The molecule has 0 aliphatic carbocycles. The molecule has 0 saturated carbocycles. The number of nitrogens with one attached hydrogen (secondary N) is 1. The van der Waals surface area contributed by atoms with Crippen LogP contribution in [0.25, 0.3) is 5.52 Å². The maximum Gasteiger partial charge on any atom is 0.271 e. The Bertz CT molecular complexity index is 583. The number of hydrogen-bond acceptors (Lipinski definition) is 3. The minimum atomic E-state index is -0.0904. The van der Waals surface area contributed by atoms with Gasteiger partial charge in [-0.3, -0.25) is 4.79 Å². The van der Waals surface area contributed by atoms with Crippen LogP contribution in [0.5, 0.6) is 0 Å². The van der Waals surface area contributed by atoms with E-state index in [1.165, 1.54) is 25.9 Å². The van der Waals surface area contributed by atoms with Crippen molar-refractivity contribution >= 4 is 11.4 Å². The zero-order valence-electron chi connectivity index (χ0n) is 12.5. The molecular weight excluding hydrogens is 264 g/mol. The summed E-state index contributed by atoms with van der Waals surface area (Å²) in [6.45, 7) is 5.33. The molecule has 0 aromatic carbocycles. The number of carbonyl (C=O) groups excluding carboxylic acids is 1. The maximum atomic E-state index is 12.1. The lowest BCUT2D eigenvalue weighted by Gasteiger charge is -2.23. The maximum absolute atomic E-state index is 12.1. The Kier molecular flexibility index (Phi) is 4.20. The van der Waals surface area contributed by atoms with Crippen molar-refractivity contribution in [3.63, 3.8) is 0 Å². The number of hydrogen-bond donors (Lipinski definition) is 1. The van der Waals surface area contributed by atoms with E-state index in [1.807, 2.05) is 30.5 Å². The van der Waals surface area contributed by atoms with Crippen molar-refractivity contribution in [3.05, 3.63) is 36.2 Å². The number of pyridine rings is 1. The van der Waals surface area contributed by atoms with Gasteiger partial charge in [-0.05, 0) is 57.5 Å². The van der Waals surface area contributed by atoms with Crippen LogP contribution in [-0.4, -0.2) is 46.1 Å². The molecule has 112 valence electrons. The molecule has 1 unspecified atom stereocenters. The lowest BCUT2D eigenvalue weighted by atomic mass is 10.2. The fraction of sp³-hybridized carbons (Fsp3) is 0.500. The highest BCUT2D eigenvalue weighted by Crippen LogP contribution is 2.13. The summed E-state index contributed by atoms with van der Waals surface area (Å²) in [5.41, 5.74) is 1.42. The third-order valence-electron chi connectivity index (χ3n) is 4.21. The first-order valence-corrected chi connectivity index (χ1v) is 7.71. The Morgan fingerprint density at radius 2 is 2.19 bits per heavy atom. The molecular formula is C16H22N4O. The van der Waals surface area contributed by atoms with Gasteiger partial charge in [0.2, 0.25) is 0 Å². The minimum absolute atomic E-state index is 0.0904. The minimum Gasteiger partial charge on any atom is -0.351 e. The molecule has 3 rings (SSSR count). The number of aromatic nitrogens is 2. The van der Waals surface area contributed by atoms with Gasteiger partial charge >= 0.3 is 0 Å². The summed E-state index contributed by atoms with van der Waals surface area (Å²) < 4.78 is 1.72. The highest BCUT2D eigenvalue weighted by molar-refractivity contribution is 5.93. The third-order valence-corrected chi connectivity index (χ3v) is 4.21. The van der Waals surface area contributed by atoms with E-state index in [0.717, 1.165) is 11.9 Å². The average Bonchev–Trinajstić information content (AvgIpc) is 3.16. The second kappa shape index (κ2) is 6.26. The van der Waals surface area contributed by atoms with Crippen molar-refractivity contribution in [1.29, 1.82) is 0 Å². The van der Waals surface area contributed by atoms with Gasteiger partial charge in [0.25, 0.3) is 5.91 Å². The van der Waals surface area contributed by atoms with Crippen LogP contribution in [-0.2, 0) is 0 Å². The monoisotopic (exact) mass is 286 g/mol. The predicted octanol–water partition coefficient (Wildman–Crippen LogP) is 1.94. The number of likely N-dealkylation sites (tertiary alicyclic amines) is 1. The molecule has 2 aromatic rings. The number of nitrogens with zero attached hydrogens (tertiary/aromatic N) is 3. The summed E-state index contributed by atoms with van der Waals surface area (Å²) in [5, 5.41) is 7.25. The van der Waals surface area contributed by atoms with Crippen LogP contribution in [0.2, 0.25) is 0 Å². The molecule has 2 aromatic heterocycles. The van der Waals surface area contributed by atoms with Crippen LogP contribution in [0.4, 0.5) is 0 Å². The van der Waals surface area contributed by atoms with Crippen LogP contribution in [0.1, 0.15) is 36.7 Å². The van der Waals surface area contributed by atoms with Gasteiger partial charge in [0.05, 0.1) is 5.52 Å². The van der Waals surface area contributed by atoms with Crippen LogP contribution in [0.15, 0.2) is 30.5 Å². The fourth-order valence-electron chi connectivity index (χ4n) is 2.90. The lowest BCUT2D eigenvalue weighted by Crippen LogP contribution is -2.34. The second-order valence-corrected chi connectivity index (χ2v) is 5.74.